The normalized spacial score (nSPS) is 13.5. The lowest BCUT2D eigenvalue weighted by molar-refractivity contribution is 1.21. The van der Waals surface area contributed by atoms with Gasteiger partial charge in [0, 0.05) is 17.1 Å². The molecule has 0 spiro atoms. The van der Waals surface area contributed by atoms with Gasteiger partial charge in [-0.05, 0) is 174 Å². The molecule has 0 saturated heterocycles. The van der Waals surface area contributed by atoms with Gasteiger partial charge < -0.3 is 4.90 Å². The molecule has 0 heterocycles. The van der Waals surface area contributed by atoms with Gasteiger partial charge in [-0.25, -0.2) is 0 Å². The van der Waals surface area contributed by atoms with Gasteiger partial charge in [0.15, 0.2) is 0 Å². The van der Waals surface area contributed by atoms with Gasteiger partial charge >= 0.3 is 0 Å². The van der Waals surface area contributed by atoms with E-state index in [0.717, 1.165) is 50.5 Å². The molecule has 0 aliphatic heterocycles. The minimum absolute atomic E-state index is 0.975. The Labute approximate surface area is 431 Å². The molecule has 7 rings (SSSR count). The molecule has 0 fully saturated rings. The predicted octanol–water partition coefficient (Wildman–Crippen LogP) is 20.2. The van der Waals surface area contributed by atoms with Crippen molar-refractivity contribution in [2.75, 3.05) is 4.90 Å². The van der Waals surface area contributed by atoms with Crippen LogP contribution in [0.3, 0.4) is 0 Å². The Bertz CT molecular complexity index is 3210. The van der Waals surface area contributed by atoms with Gasteiger partial charge in [-0.3, -0.25) is 0 Å². The number of allylic oxidation sites excluding steroid dienone is 19. The van der Waals surface area contributed by atoms with Crippen LogP contribution in [-0.4, -0.2) is 0 Å². The monoisotopic (exact) mass is 934 g/mol. The largest absolute Gasteiger partial charge is 0.311 e. The zero-order valence-corrected chi connectivity index (χ0v) is 43.1. The van der Waals surface area contributed by atoms with E-state index in [0.29, 0.717) is 0 Å². The van der Waals surface area contributed by atoms with Gasteiger partial charge in [0.25, 0.3) is 0 Å². The first-order chi connectivity index (χ1) is 35.4. The molecule has 0 aliphatic carbocycles. The van der Waals surface area contributed by atoms with Crippen molar-refractivity contribution < 1.29 is 0 Å². The van der Waals surface area contributed by atoms with Crippen molar-refractivity contribution in [3.8, 4) is 22.3 Å². The lowest BCUT2D eigenvalue weighted by Gasteiger charge is -2.26. The summed E-state index contributed by atoms with van der Waals surface area (Å²) >= 11 is 0. The van der Waals surface area contributed by atoms with Gasteiger partial charge in [0.05, 0.1) is 0 Å². The molecular formula is C71H67N. The molecule has 0 bridgehead atoms. The summed E-state index contributed by atoms with van der Waals surface area (Å²) in [4.78, 5) is 2.27. The molecule has 0 N–H and O–H groups in total. The average Bonchev–Trinajstić information content (AvgIpc) is 3.44. The van der Waals surface area contributed by atoms with Crippen LogP contribution < -0.4 is 4.90 Å². The Morgan fingerprint density at radius 2 is 0.667 bits per heavy atom. The van der Waals surface area contributed by atoms with Crippen molar-refractivity contribution in [2.24, 2.45) is 0 Å². The van der Waals surface area contributed by atoms with E-state index < -0.39 is 0 Å². The zero-order chi connectivity index (χ0) is 50.7. The first-order valence-corrected chi connectivity index (χ1v) is 25.1. The van der Waals surface area contributed by atoms with E-state index in [1.54, 1.807) is 0 Å². The van der Waals surface area contributed by atoms with Crippen LogP contribution in [-0.2, 0) is 0 Å². The third kappa shape index (κ3) is 12.1. The number of benzene rings is 7. The summed E-state index contributed by atoms with van der Waals surface area (Å²) in [6.07, 6.45) is 27.7. The molecule has 0 atom stereocenters. The summed E-state index contributed by atoms with van der Waals surface area (Å²) < 4.78 is 0. The minimum atomic E-state index is 0.975. The van der Waals surface area contributed by atoms with Gasteiger partial charge in [-0.1, -0.05) is 237 Å². The van der Waals surface area contributed by atoms with Crippen LogP contribution in [0.5, 0.6) is 0 Å². The van der Waals surface area contributed by atoms with Crippen LogP contribution in [0.4, 0.5) is 11.4 Å². The van der Waals surface area contributed by atoms with Crippen molar-refractivity contribution in [3.63, 3.8) is 0 Å². The molecule has 0 saturated carbocycles. The van der Waals surface area contributed by atoms with E-state index in [4.69, 9.17) is 0 Å². The molecule has 0 aliphatic rings. The molecule has 356 valence electrons. The van der Waals surface area contributed by atoms with Crippen molar-refractivity contribution in [2.45, 2.75) is 48.5 Å². The van der Waals surface area contributed by atoms with Crippen molar-refractivity contribution >= 4 is 33.7 Å². The summed E-state index contributed by atoms with van der Waals surface area (Å²) in [5.41, 5.74) is 21.8. The second-order valence-corrected chi connectivity index (χ2v) is 17.2. The summed E-state index contributed by atoms with van der Waals surface area (Å²) in [5.74, 6) is 0. The second kappa shape index (κ2) is 25.9. The maximum absolute atomic E-state index is 4.26. The van der Waals surface area contributed by atoms with Gasteiger partial charge in [-0.15, -0.1) is 0 Å². The van der Waals surface area contributed by atoms with E-state index in [-0.39, 0.29) is 0 Å². The molecule has 1 nitrogen and oxygen atoms in total. The molecule has 0 amide bonds. The van der Waals surface area contributed by atoms with Gasteiger partial charge in [0.1, 0.15) is 0 Å². The zero-order valence-electron chi connectivity index (χ0n) is 43.1. The summed E-state index contributed by atoms with van der Waals surface area (Å²) in [6, 6.07) is 67.9. The van der Waals surface area contributed by atoms with Crippen LogP contribution in [0.25, 0.3) is 44.5 Å². The highest BCUT2D eigenvalue weighted by Crippen LogP contribution is 2.41. The molecule has 72 heavy (non-hydrogen) atoms. The van der Waals surface area contributed by atoms with Crippen molar-refractivity contribution in [1.82, 2.24) is 0 Å². The van der Waals surface area contributed by atoms with E-state index in [2.05, 4.69) is 308 Å². The molecule has 0 aromatic heterocycles. The average molecular weight is 934 g/mol. The SMILES string of the molecule is C=C/C(=C\C=C/C)N(c1ccc(-c2ccc(C(=C(C(/C=C\C)=C/C)c3ccccc3)C(/C=C\C)=C/C)cc2)cc1)c1ccc(-c2ccc(/C(=C(C(/C=C\C)=C/C)\c3ccccc3)c3ccccc3)cc2)cc1. The summed E-state index contributed by atoms with van der Waals surface area (Å²) in [7, 11) is 0. The first kappa shape index (κ1) is 51.3. The molecule has 1 heteroatoms. The standard InChI is InChI=1S/C71H67N/c1-9-17-36-65(16-8)72(66-49-45-58(46-50-66)56-37-41-63(42-38-56)70(55(15-7)29-12-4)68(53(13-5)27-10-2)60-30-21-18-22-31-60)67-51-47-59(48-52-67)57-39-43-64(44-40-57)71(62-34-25-20-26-35-62)69(54(14-6)28-11-3)61-32-23-19-24-33-61/h9-52H,8H2,1-7H3/b17-9-,27-10-,28-11-,29-12-,53-13+,54-14+,55-15+,65-36+,70-68?,71-69-. The van der Waals surface area contributed by atoms with Gasteiger partial charge in [-0.2, -0.15) is 0 Å². The smallest absolute Gasteiger partial charge is 0.0462 e. The predicted molar refractivity (Wildman–Crippen MR) is 317 cm³/mol. The Morgan fingerprint density at radius 3 is 1.03 bits per heavy atom. The third-order valence-electron chi connectivity index (χ3n) is 12.7. The van der Waals surface area contributed by atoms with Gasteiger partial charge in [0.2, 0.25) is 0 Å². The quantitative estimate of drug-likeness (QED) is 0.0612. The van der Waals surface area contributed by atoms with Crippen LogP contribution >= 0.6 is 0 Å². The second-order valence-electron chi connectivity index (χ2n) is 17.2. The number of hydrogen-bond donors (Lipinski definition) is 0. The minimum Gasteiger partial charge on any atom is -0.311 e. The highest BCUT2D eigenvalue weighted by molar-refractivity contribution is 6.07. The molecule has 7 aromatic rings. The first-order valence-electron chi connectivity index (χ1n) is 25.1. The highest BCUT2D eigenvalue weighted by Gasteiger charge is 2.20. The van der Waals surface area contributed by atoms with Crippen LogP contribution in [0, 0.1) is 0 Å². The molecule has 0 unspecified atom stereocenters. The lowest BCUT2D eigenvalue weighted by atomic mass is 9.84. The summed E-state index contributed by atoms with van der Waals surface area (Å²) in [5, 5.41) is 0. The fourth-order valence-corrected chi connectivity index (χ4v) is 9.29. The molecule has 0 radical (unpaired) electrons. The Hall–Kier alpha value is -8.52. The number of rotatable bonds is 18. The lowest BCUT2D eigenvalue weighted by Crippen LogP contribution is -2.14. The fourth-order valence-electron chi connectivity index (χ4n) is 9.29. The Morgan fingerprint density at radius 1 is 0.347 bits per heavy atom. The van der Waals surface area contributed by atoms with E-state index in [9.17, 15) is 0 Å². The Kier molecular flexibility index (Phi) is 18.5. The van der Waals surface area contributed by atoms with Crippen molar-refractivity contribution in [3.05, 3.63) is 324 Å². The van der Waals surface area contributed by atoms with E-state index in [1.807, 2.05) is 19.1 Å². The number of nitrogens with zero attached hydrogens (tertiary/aromatic N) is 1. The van der Waals surface area contributed by atoms with Crippen LogP contribution in [0.2, 0.25) is 0 Å². The van der Waals surface area contributed by atoms with E-state index in [1.165, 1.54) is 55.7 Å². The van der Waals surface area contributed by atoms with Crippen LogP contribution in [0.1, 0.15) is 76.3 Å². The van der Waals surface area contributed by atoms with Crippen molar-refractivity contribution in [1.29, 1.82) is 0 Å². The molecule has 7 aromatic carbocycles. The highest BCUT2D eigenvalue weighted by atomic mass is 15.1. The Balaban J connectivity index is 1.23. The number of hydrogen-bond acceptors (Lipinski definition) is 1. The van der Waals surface area contributed by atoms with Crippen LogP contribution in [0.15, 0.2) is 296 Å². The maximum atomic E-state index is 4.26. The summed E-state index contributed by atoms with van der Waals surface area (Å²) in [6.45, 7) is 18.9. The fraction of sp³-hybridized carbons (Fsp3) is 0.0986. The topological polar surface area (TPSA) is 3.24 Å². The third-order valence-corrected chi connectivity index (χ3v) is 12.7. The maximum Gasteiger partial charge on any atom is 0.0462 e. The molecular weight excluding hydrogens is 867 g/mol. The van der Waals surface area contributed by atoms with E-state index >= 15 is 0 Å². The number of anilines is 2.